The summed E-state index contributed by atoms with van der Waals surface area (Å²) in [6.45, 7) is 2.55. The van der Waals surface area contributed by atoms with Crippen molar-refractivity contribution in [3.63, 3.8) is 0 Å². The van der Waals surface area contributed by atoms with Crippen molar-refractivity contribution in [2.24, 2.45) is 13.0 Å². The predicted molar refractivity (Wildman–Crippen MR) is 112 cm³/mol. The lowest BCUT2D eigenvalue weighted by molar-refractivity contribution is -0.122. The van der Waals surface area contributed by atoms with Gasteiger partial charge in [0.1, 0.15) is 11.9 Å². The molecule has 2 aromatic rings. The molecule has 1 atom stereocenters. The first-order valence-electron chi connectivity index (χ1n) is 9.83. The number of aromatic nitrogens is 2. The fourth-order valence-electron chi connectivity index (χ4n) is 2.81. The van der Waals surface area contributed by atoms with Gasteiger partial charge in [0.2, 0.25) is 5.91 Å². The molecule has 3 rings (SSSR count). The molecule has 0 saturated heterocycles. The standard InChI is InChI=1S/C22H26N4O4/c1-15(14-29-3)30-19-12-16(5-4-9-23-21(27)17-6-7-17)11-18(13-19)22(28)24-20-8-10-26(2)25-20/h8,10-13,15,17H,6-7,9,14H2,1-3H3,(H,23,27)(H,24,25,28)/t15-/m0/s1. The van der Waals surface area contributed by atoms with E-state index in [-0.39, 0.29) is 30.4 Å². The molecule has 0 unspecified atom stereocenters. The van der Waals surface area contributed by atoms with Crippen molar-refractivity contribution in [2.75, 3.05) is 25.6 Å². The first-order chi connectivity index (χ1) is 14.4. The smallest absolute Gasteiger partial charge is 0.257 e. The van der Waals surface area contributed by atoms with E-state index in [0.29, 0.717) is 29.3 Å². The first kappa shape index (κ1) is 21.4. The number of benzene rings is 1. The van der Waals surface area contributed by atoms with Crippen LogP contribution in [0.3, 0.4) is 0 Å². The predicted octanol–water partition coefficient (Wildman–Crippen LogP) is 1.96. The molecule has 158 valence electrons. The molecule has 1 fully saturated rings. The number of nitrogens with zero attached hydrogens (tertiary/aromatic N) is 2. The van der Waals surface area contributed by atoms with Crippen LogP contribution in [0.1, 0.15) is 35.7 Å². The van der Waals surface area contributed by atoms with Gasteiger partial charge in [-0.15, -0.1) is 0 Å². The SMILES string of the molecule is COC[C@H](C)Oc1cc(C#CCNC(=O)C2CC2)cc(C(=O)Nc2ccn(C)n2)c1. The topological polar surface area (TPSA) is 94.5 Å². The van der Waals surface area contributed by atoms with E-state index in [1.165, 1.54) is 0 Å². The Labute approximate surface area is 175 Å². The van der Waals surface area contributed by atoms with Crippen LogP contribution in [0.5, 0.6) is 5.75 Å². The maximum atomic E-state index is 12.7. The van der Waals surface area contributed by atoms with E-state index in [1.54, 1.807) is 49.3 Å². The normalized spacial score (nSPS) is 13.7. The summed E-state index contributed by atoms with van der Waals surface area (Å²) in [7, 11) is 3.38. The van der Waals surface area contributed by atoms with Crippen molar-refractivity contribution in [3.05, 3.63) is 41.6 Å². The van der Waals surface area contributed by atoms with Gasteiger partial charge < -0.3 is 20.1 Å². The second kappa shape index (κ2) is 9.94. The molecular formula is C22H26N4O4. The Balaban J connectivity index is 1.75. The molecule has 2 N–H and O–H groups in total. The van der Waals surface area contributed by atoms with Crippen molar-refractivity contribution in [2.45, 2.75) is 25.9 Å². The molecule has 1 heterocycles. The fraction of sp³-hybridized carbons (Fsp3) is 0.409. The molecule has 1 aliphatic rings. The summed E-state index contributed by atoms with van der Waals surface area (Å²) in [4.78, 5) is 24.4. The van der Waals surface area contributed by atoms with Crippen molar-refractivity contribution >= 4 is 17.6 Å². The van der Waals surface area contributed by atoms with E-state index in [2.05, 4.69) is 27.6 Å². The number of amides is 2. The Hall–Kier alpha value is -3.31. The average molecular weight is 410 g/mol. The van der Waals surface area contributed by atoms with Crippen LogP contribution in [-0.4, -0.2) is 48.0 Å². The van der Waals surface area contributed by atoms with Gasteiger partial charge in [0, 0.05) is 43.5 Å². The molecule has 0 radical (unpaired) electrons. The van der Waals surface area contributed by atoms with E-state index in [1.807, 2.05) is 6.92 Å². The molecule has 1 aliphatic carbocycles. The number of ether oxygens (including phenoxy) is 2. The summed E-state index contributed by atoms with van der Waals surface area (Å²) in [6.07, 6.45) is 3.46. The molecule has 8 heteroatoms. The van der Waals surface area contributed by atoms with E-state index in [4.69, 9.17) is 9.47 Å². The number of nitrogens with one attached hydrogen (secondary N) is 2. The van der Waals surface area contributed by atoms with Crippen molar-refractivity contribution < 1.29 is 19.1 Å². The minimum atomic E-state index is -0.316. The number of hydrogen-bond donors (Lipinski definition) is 2. The van der Waals surface area contributed by atoms with Gasteiger partial charge in [0.15, 0.2) is 5.82 Å². The van der Waals surface area contributed by atoms with Crippen molar-refractivity contribution in [1.29, 1.82) is 0 Å². The van der Waals surface area contributed by atoms with Gasteiger partial charge in [-0.3, -0.25) is 14.3 Å². The highest BCUT2D eigenvalue weighted by molar-refractivity contribution is 6.04. The maximum absolute atomic E-state index is 12.7. The second-order valence-corrected chi connectivity index (χ2v) is 7.25. The third-order valence-corrected chi connectivity index (χ3v) is 4.39. The van der Waals surface area contributed by atoms with E-state index >= 15 is 0 Å². The van der Waals surface area contributed by atoms with Gasteiger partial charge >= 0.3 is 0 Å². The lowest BCUT2D eigenvalue weighted by atomic mass is 10.1. The summed E-state index contributed by atoms with van der Waals surface area (Å²) in [5.74, 6) is 6.77. The number of hydrogen-bond acceptors (Lipinski definition) is 5. The third kappa shape index (κ3) is 6.36. The lowest BCUT2D eigenvalue weighted by Gasteiger charge is -2.15. The second-order valence-electron chi connectivity index (χ2n) is 7.25. The minimum Gasteiger partial charge on any atom is -0.488 e. The number of carbonyl (C=O) groups excluding carboxylic acids is 2. The summed E-state index contributed by atoms with van der Waals surface area (Å²) < 4.78 is 12.6. The Morgan fingerprint density at radius 2 is 2.13 bits per heavy atom. The molecule has 0 spiro atoms. The number of rotatable bonds is 8. The van der Waals surface area contributed by atoms with Gasteiger partial charge in [-0.05, 0) is 38.0 Å². The molecule has 1 saturated carbocycles. The molecule has 1 aromatic carbocycles. The van der Waals surface area contributed by atoms with Crippen LogP contribution in [0.2, 0.25) is 0 Å². The van der Waals surface area contributed by atoms with Gasteiger partial charge in [0.25, 0.3) is 5.91 Å². The zero-order chi connectivity index (χ0) is 21.5. The van der Waals surface area contributed by atoms with E-state index < -0.39 is 0 Å². The van der Waals surface area contributed by atoms with Crippen LogP contribution in [0.25, 0.3) is 0 Å². The molecule has 30 heavy (non-hydrogen) atoms. The Morgan fingerprint density at radius 3 is 2.80 bits per heavy atom. The minimum absolute atomic E-state index is 0.0465. The van der Waals surface area contributed by atoms with Gasteiger partial charge in [-0.25, -0.2) is 0 Å². The summed E-state index contributed by atoms with van der Waals surface area (Å²) >= 11 is 0. The molecule has 0 bridgehead atoms. The Bertz CT molecular complexity index is 969. The molecule has 0 aliphatic heterocycles. The largest absolute Gasteiger partial charge is 0.488 e. The van der Waals surface area contributed by atoms with Gasteiger partial charge in [-0.1, -0.05) is 11.8 Å². The number of anilines is 1. The van der Waals surface area contributed by atoms with Crippen LogP contribution in [0.4, 0.5) is 5.82 Å². The summed E-state index contributed by atoms with van der Waals surface area (Å²) in [5, 5.41) is 9.72. The van der Waals surface area contributed by atoms with Crippen LogP contribution >= 0.6 is 0 Å². The van der Waals surface area contributed by atoms with E-state index in [9.17, 15) is 9.59 Å². The van der Waals surface area contributed by atoms with Crippen molar-refractivity contribution in [3.8, 4) is 17.6 Å². The number of aryl methyl sites for hydroxylation is 1. The van der Waals surface area contributed by atoms with Crippen molar-refractivity contribution in [1.82, 2.24) is 15.1 Å². The van der Waals surface area contributed by atoms with Gasteiger partial charge in [0.05, 0.1) is 13.2 Å². The Morgan fingerprint density at radius 1 is 1.33 bits per heavy atom. The van der Waals surface area contributed by atoms with Gasteiger partial charge in [-0.2, -0.15) is 5.10 Å². The van der Waals surface area contributed by atoms with Crippen LogP contribution in [0, 0.1) is 17.8 Å². The highest BCUT2D eigenvalue weighted by Crippen LogP contribution is 2.28. The molecular weight excluding hydrogens is 384 g/mol. The third-order valence-electron chi connectivity index (χ3n) is 4.39. The maximum Gasteiger partial charge on any atom is 0.257 e. The highest BCUT2D eigenvalue weighted by atomic mass is 16.5. The monoisotopic (exact) mass is 410 g/mol. The summed E-state index contributed by atoms with van der Waals surface area (Å²) in [6, 6.07) is 6.81. The first-order valence-corrected chi connectivity index (χ1v) is 9.83. The number of methoxy groups -OCH3 is 1. The van der Waals surface area contributed by atoms with Crippen LogP contribution in [0.15, 0.2) is 30.5 Å². The highest BCUT2D eigenvalue weighted by Gasteiger charge is 2.28. The average Bonchev–Trinajstić information content (AvgIpc) is 3.48. The zero-order valence-corrected chi connectivity index (χ0v) is 17.4. The fourth-order valence-corrected chi connectivity index (χ4v) is 2.81. The molecule has 2 amide bonds. The molecule has 8 nitrogen and oxygen atoms in total. The molecule has 1 aromatic heterocycles. The summed E-state index contributed by atoms with van der Waals surface area (Å²) in [5.41, 5.74) is 1.01. The number of carbonyl (C=O) groups is 2. The van der Waals surface area contributed by atoms with Crippen LogP contribution in [-0.2, 0) is 16.6 Å². The zero-order valence-electron chi connectivity index (χ0n) is 17.4. The van der Waals surface area contributed by atoms with Crippen LogP contribution < -0.4 is 15.4 Å². The quantitative estimate of drug-likeness (QED) is 0.649. The van der Waals surface area contributed by atoms with E-state index in [0.717, 1.165) is 12.8 Å². The Kier molecular flexibility index (Phi) is 7.09. The lowest BCUT2D eigenvalue weighted by Crippen LogP contribution is -2.24.